The largest absolute Gasteiger partial charge is 0.416 e. The molecule has 0 bridgehead atoms. The molecule has 0 heterocycles. The molecule has 1 aromatic carbocycles. The smallest absolute Gasteiger partial charge is 0.352 e. The van der Waals surface area contributed by atoms with Gasteiger partial charge in [-0.3, -0.25) is 4.79 Å². The van der Waals surface area contributed by atoms with Crippen LogP contribution < -0.4 is 5.32 Å². The minimum absolute atomic E-state index is 0.227. The van der Waals surface area contributed by atoms with Crippen LogP contribution in [0.2, 0.25) is 0 Å². The molecule has 1 aromatic rings. The topological polar surface area (TPSA) is 29.1 Å². The first-order valence-corrected chi connectivity index (χ1v) is 4.40. The van der Waals surface area contributed by atoms with Gasteiger partial charge in [0.05, 0.1) is 5.56 Å². The Morgan fingerprint density at radius 2 is 1.80 bits per heavy atom. The number of benzene rings is 1. The normalized spacial score (nSPS) is 11.2. The fourth-order valence-electron chi connectivity index (χ4n) is 1.07. The van der Waals surface area contributed by atoms with Crippen molar-refractivity contribution in [2.45, 2.75) is 13.1 Å². The number of alkyl halides is 3. The van der Waals surface area contributed by atoms with Crippen molar-refractivity contribution in [3.05, 3.63) is 35.4 Å². The average molecular weight is 217 g/mol. The number of rotatable bonds is 2. The summed E-state index contributed by atoms with van der Waals surface area (Å²) < 4.78 is 36.5. The van der Waals surface area contributed by atoms with E-state index in [-0.39, 0.29) is 11.5 Å². The standard InChI is InChI=1S/C10H10F3NO/c1-2-14-9(15)7-3-5-8(6-4-7)10(11,12)13/h3-6H,2H2,1H3,(H,14,15). The molecule has 0 fully saturated rings. The quantitative estimate of drug-likeness (QED) is 0.810. The second-order valence-corrected chi connectivity index (χ2v) is 2.93. The van der Waals surface area contributed by atoms with Crippen molar-refractivity contribution >= 4 is 5.91 Å². The summed E-state index contributed by atoms with van der Waals surface area (Å²) >= 11 is 0. The van der Waals surface area contributed by atoms with Gasteiger partial charge in [0.25, 0.3) is 5.91 Å². The first-order valence-electron chi connectivity index (χ1n) is 4.40. The highest BCUT2D eigenvalue weighted by atomic mass is 19.4. The van der Waals surface area contributed by atoms with Gasteiger partial charge in [-0.2, -0.15) is 13.2 Å². The van der Waals surface area contributed by atoms with Crippen molar-refractivity contribution in [3.8, 4) is 0 Å². The average Bonchev–Trinajstić information content (AvgIpc) is 2.17. The summed E-state index contributed by atoms with van der Waals surface area (Å²) in [7, 11) is 0. The number of hydrogen-bond donors (Lipinski definition) is 1. The predicted octanol–water partition coefficient (Wildman–Crippen LogP) is 2.46. The summed E-state index contributed by atoms with van der Waals surface area (Å²) in [5.74, 6) is -0.369. The fraction of sp³-hybridized carbons (Fsp3) is 0.300. The zero-order chi connectivity index (χ0) is 11.5. The molecule has 2 nitrogen and oxygen atoms in total. The summed E-state index contributed by atoms with van der Waals surface area (Å²) in [6.07, 6.45) is -4.36. The van der Waals surface area contributed by atoms with E-state index in [9.17, 15) is 18.0 Å². The Bertz CT molecular complexity index is 343. The Balaban J connectivity index is 2.86. The van der Waals surface area contributed by atoms with Crippen LogP contribution in [0.3, 0.4) is 0 Å². The number of carbonyl (C=O) groups is 1. The van der Waals surface area contributed by atoms with E-state index in [0.717, 1.165) is 24.3 Å². The molecule has 0 aliphatic rings. The zero-order valence-electron chi connectivity index (χ0n) is 8.06. The summed E-state index contributed by atoms with van der Waals surface area (Å²) in [6.45, 7) is 2.18. The highest BCUT2D eigenvalue weighted by molar-refractivity contribution is 5.94. The van der Waals surface area contributed by atoms with Gasteiger partial charge in [0, 0.05) is 12.1 Å². The molecule has 0 saturated carbocycles. The van der Waals surface area contributed by atoms with E-state index in [0.29, 0.717) is 6.54 Å². The monoisotopic (exact) mass is 217 g/mol. The maximum atomic E-state index is 12.2. The maximum absolute atomic E-state index is 12.2. The van der Waals surface area contributed by atoms with Gasteiger partial charge in [-0.05, 0) is 31.2 Å². The molecule has 1 N–H and O–H groups in total. The van der Waals surface area contributed by atoms with E-state index in [1.807, 2.05) is 0 Å². The molecular formula is C10H10F3NO. The lowest BCUT2D eigenvalue weighted by atomic mass is 10.1. The Morgan fingerprint density at radius 1 is 1.27 bits per heavy atom. The summed E-state index contributed by atoms with van der Waals surface area (Å²) in [5.41, 5.74) is -0.527. The maximum Gasteiger partial charge on any atom is 0.416 e. The number of amides is 1. The highest BCUT2D eigenvalue weighted by Crippen LogP contribution is 2.28. The second-order valence-electron chi connectivity index (χ2n) is 2.93. The van der Waals surface area contributed by atoms with Crippen LogP contribution in [-0.2, 0) is 6.18 Å². The van der Waals surface area contributed by atoms with Gasteiger partial charge in [0.1, 0.15) is 0 Å². The minimum atomic E-state index is -4.36. The van der Waals surface area contributed by atoms with Crippen molar-refractivity contribution in [1.29, 1.82) is 0 Å². The lowest BCUT2D eigenvalue weighted by molar-refractivity contribution is -0.137. The van der Waals surface area contributed by atoms with Crippen molar-refractivity contribution in [2.24, 2.45) is 0 Å². The van der Waals surface area contributed by atoms with Crippen molar-refractivity contribution in [3.63, 3.8) is 0 Å². The third kappa shape index (κ3) is 2.97. The summed E-state index contributed by atoms with van der Waals surface area (Å²) in [4.78, 5) is 11.2. The van der Waals surface area contributed by atoms with E-state index >= 15 is 0 Å². The number of nitrogens with one attached hydrogen (secondary N) is 1. The summed E-state index contributed by atoms with van der Waals surface area (Å²) in [5, 5.41) is 2.50. The van der Waals surface area contributed by atoms with Crippen LogP contribution in [0.5, 0.6) is 0 Å². The number of carbonyl (C=O) groups excluding carboxylic acids is 1. The van der Waals surface area contributed by atoms with Crippen molar-refractivity contribution < 1.29 is 18.0 Å². The van der Waals surface area contributed by atoms with Crippen molar-refractivity contribution in [1.82, 2.24) is 5.32 Å². The number of halogens is 3. The van der Waals surface area contributed by atoms with Gasteiger partial charge in [-0.15, -0.1) is 0 Å². The fourth-order valence-corrected chi connectivity index (χ4v) is 1.07. The molecular weight excluding hydrogens is 207 g/mol. The Labute approximate surface area is 85.1 Å². The van der Waals surface area contributed by atoms with Gasteiger partial charge >= 0.3 is 6.18 Å². The van der Waals surface area contributed by atoms with E-state index in [2.05, 4.69) is 5.32 Å². The molecule has 5 heteroatoms. The Morgan fingerprint density at radius 3 is 2.20 bits per heavy atom. The predicted molar refractivity (Wildman–Crippen MR) is 49.5 cm³/mol. The molecule has 0 atom stereocenters. The van der Waals surface area contributed by atoms with E-state index in [1.54, 1.807) is 6.92 Å². The molecule has 1 amide bonds. The van der Waals surface area contributed by atoms with Crippen LogP contribution in [0.1, 0.15) is 22.8 Å². The van der Waals surface area contributed by atoms with E-state index in [1.165, 1.54) is 0 Å². The molecule has 82 valence electrons. The third-order valence-electron chi connectivity index (χ3n) is 1.81. The molecule has 0 unspecified atom stereocenters. The van der Waals surface area contributed by atoms with Gasteiger partial charge in [0.2, 0.25) is 0 Å². The molecule has 0 radical (unpaired) electrons. The third-order valence-corrected chi connectivity index (χ3v) is 1.81. The van der Waals surface area contributed by atoms with Crippen LogP contribution in [0.4, 0.5) is 13.2 Å². The lowest BCUT2D eigenvalue weighted by Gasteiger charge is -2.07. The van der Waals surface area contributed by atoms with Gasteiger partial charge < -0.3 is 5.32 Å². The Hall–Kier alpha value is -1.52. The number of hydrogen-bond acceptors (Lipinski definition) is 1. The molecule has 15 heavy (non-hydrogen) atoms. The molecule has 0 spiro atoms. The minimum Gasteiger partial charge on any atom is -0.352 e. The molecule has 0 aliphatic carbocycles. The Kier molecular flexibility index (Phi) is 3.34. The second kappa shape index (κ2) is 4.33. The van der Waals surface area contributed by atoms with Gasteiger partial charge in [-0.1, -0.05) is 0 Å². The first-order chi connectivity index (χ1) is 6.95. The molecule has 0 aliphatic heterocycles. The van der Waals surface area contributed by atoms with Crippen LogP contribution in [0.25, 0.3) is 0 Å². The lowest BCUT2D eigenvalue weighted by Crippen LogP contribution is -2.22. The highest BCUT2D eigenvalue weighted by Gasteiger charge is 2.30. The molecule has 0 aromatic heterocycles. The van der Waals surface area contributed by atoms with Crippen LogP contribution in [0.15, 0.2) is 24.3 Å². The van der Waals surface area contributed by atoms with E-state index < -0.39 is 11.7 Å². The first kappa shape index (κ1) is 11.6. The summed E-state index contributed by atoms with van der Waals surface area (Å²) in [6, 6.07) is 4.11. The van der Waals surface area contributed by atoms with E-state index in [4.69, 9.17) is 0 Å². The van der Waals surface area contributed by atoms with Crippen LogP contribution in [-0.4, -0.2) is 12.5 Å². The van der Waals surface area contributed by atoms with Gasteiger partial charge in [-0.25, -0.2) is 0 Å². The van der Waals surface area contributed by atoms with Crippen LogP contribution >= 0.6 is 0 Å². The zero-order valence-corrected chi connectivity index (χ0v) is 8.06. The van der Waals surface area contributed by atoms with Gasteiger partial charge in [0.15, 0.2) is 0 Å². The molecule has 1 rings (SSSR count). The molecule has 0 saturated heterocycles. The van der Waals surface area contributed by atoms with Crippen molar-refractivity contribution in [2.75, 3.05) is 6.54 Å². The SMILES string of the molecule is CCNC(=O)c1ccc(C(F)(F)F)cc1. The van der Waals surface area contributed by atoms with Crippen LogP contribution in [0, 0.1) is 0 Å².